The SMILES string of the molecule is Cc1c(S(=O)(=O)Nc2ccc(-c3ccncc3)cc2)sc2ccc(F)cc12. The number of nitrogens with zero attached hydrogens (tertiary/aromatic N) is 1. The predicted octanol–water partition coefficient (Wildman–Crippen LogP) is 5.21. The highest BCUT2D eigenvalue weighted by Crippen LogP contribution is 2.35. The Kier molecular flexibility index (Phi) is 4.41. The number of fused-ring (bicyclic) bond motifs is 1. The van der Waals surface area contributed by atoms with E-state index in [1.54, 1.807) is 37.5 Å². The van der Waals surface area contributed by atoms with Crippen LogP contribution in [0, 0.1) is 12.7 Å². The van der Waals surface area contributed by atoms with Gasteiger partial charge in [-0.05, 0) is 71.5 Å². The van der Waals surface area contributed by atoms with Gasteiger partial charge in [-0.15, -0.1) is 11.3 Å². The first-order valence-electron chi connectivity index (χ1n) is 8.16. The minimum atomic E-state index is -3.76. The molecule has 0 aliphatic rings. The third-order valence-corrected chi connectivity index (χ3v) is 7.52. The number of halogens is 1. The van der Waals surface area contributed by atoms with Crippen molar-refractivity contribution in [3.8, 4) is 11.1 Å². The Morgan fingerprint density at radius 1 is 0.963 bits per heavy atom. The second-order valence-corrected chi connectivity index (χ2v) is 9.00. The van der Waals surface area contributed by atoms with Crippen molar-refractivity contribution < 1.29 is 12.8 Å². The molecular formula is C20H15FN2O2S2. The largest absolute Gasteiger partial charge is 0.279 e. The molecule has 7 heteroatoms. The van der Waals surface area contributed by atoms with E-state index in [0.717, 1.165) is 27.2 Å². The van der Waals surface area contributed by atoms with Crippen LogP contribution in [0.4, 0.5) is 10.1 Å². The maximum absolute atomic E-state index is 13.5. The zero-order chi connectivity index (χ0) is 19.0. The van der Waals surface area contributed by atoms with Crippen molar-refractivity contribution >= 4 is 37.1 Å². The van der Waals surface area contributed by atoms with E-state index in [1.165, 1.54) is 12.1 Å². The number of sulfonamides is 1. The van der Waals surface area contributed by atoms with Gasteiger partial charge in [0.05, 0.1) is 0 Å². The molecule has 0 saturated carbocycles. The van der Waals surface area contributed by atoms with Gasteiger partial charge >= 0.3 is 0 Å². The molecule has 0 atom stereocenters. The maximum atomic E-state index is 13.5. The van der Waals surface area contributed by atoms with Crippen LogP contribution in [0.15, 0.2) is 71.2 Å². The molecule has 0 unspecified atom stereocenters. The first-order valence-corrected chi connectivity index (χ1v) is 10.5. The van der Waals surface area contributed by atoms with Crippen LogP contribution in [0.5, 0.6) is 0 Å². The topological polar surface area (TPSA) is 59.1 Å². The second kappa shape index (κ2) is 6.75. The molecule has 2 aromatic heterocycles. The van der Waals surface area contributed by atoms with Crippen molar-refractivity contribution in [3.63, 3.8) is 0 Å². The molecule has 4 nitrogen and oxygen atoms in total. The smallest absolute Gasteiger partial charge is 0.271 e. The fourth-order valence-electron chi connectivity index (χ4n) is 2.90. The molecule has 2 aromatic carbocycles. The van der Waals surface area contributed by atoms with Crippen molar-refractivity contribution in [2.45, 2.75) is 11.1 Å². The Balaban J connectivity index is 1.65. The highest BCUT2D eigenvalue weighted by molar-refractivity contribution is 7.94. The Morgan fingerprint density at radius 2 is 1.63 bits per heavy atom. The van der Waals surface area contributed by atoms with Gasteiger partial charge in [-0.25, -0.2) is 12.8 Å². The number of nitrogens with one attached hydrogen (secondary N) is 1. The third-order valence-electron chi connectivity index (χ3n) is 4.25. The first-order chi connectivity index (χ1) is 12.9. The molecule has 4 rings (SSSR count). The summed E-state index contributed by atoms with van der Waals surface area (Å²) in [4.78, 5) is 3.99. The average molecular weight is 398 g/mol. The Morgan fingerprint density at radius 3 is 2.33 bits per heavy atom. The van der Waals surface area contributed by atoms with E-state index in [4.69, 9.17) is 0 Å². The van der Waals surface area contributed by atoms with Gasteiger partial charge in [0.1, 0.15) is 10.0 Å². The van der Waals surface area contributed by atoms with E-state index in [1.807, 2.05) is 24.3 Å². The lowest BCUT2D eigenvalue weighted by Crippen LogP contribution is -2.12. The fraction of sp³-hybridized carbons (Fsp3) is 0.0500. The summed E-state index contributed by atoms with van der Waals surface area (Å²) >= 11 is 1.13. The summed E-state index contributed by atoms with van der Waals surface area (Å²) in [5.41, 5.74) is 2.99. The summed E-state index contributed by atoms with van der Waals surface area (Å²) in [7, 11) is -3.76. The minimum absolute atomic E-state index is 0.196. The number of hydrogen-bond donors (Lipinski definition) is 1. The lowest BCUT2D eigenvalue weighted by atomic mass is 10.1. The van der Waals surface area contributed by atoms with E-state index in [2.05, 4.69) is 9.71 Å². The van der Waals surface area contributed by atoms with Crippen molar-refractivity contribution in [1.82, 2.24) is 4.98 Å². The van der Waals surface area contributed by atoms with Crippen LogP contribution in [0.2, 0.25) is 0 Å². The Labute approximate surface area is 160 Å². The van der Waals surface area contributed by atoms with Gasteiger partial charge in [0.2, 0.25) is 0 Å². The van der Waals surface area contributed by atoms with Crippen LogP contribution < -0.4 is 4.72 Å². The van der Waals surface area contributed by atoms with Crippen LogP contribution in [0.25, 0.3) is 21.2 Å². The molecule has 4 aromatic rings. The third kappa shape index (κ3) is 3.43. The lowest BCUT2D eigenvalue weighted by molar-refractivity contribution is 0.602. The molecule has 0 aliphatic carbocycles. The number of benzene rings is 2. The fourth-order valence-corrected chi connectivity index (χ4v) is 5.71. The van der Waals surface area contributed by atoms with Crippen LogP contribution >= 0.6 is 11.3 Å². The van der Waals surface area contributed by atoms with Gasteiger partial charge in [-0.2, -0.15) is 0 Å². The summed E-state index contributed by atoms with van der Waals surface area (Å²) in [6.07, 6.45) is 3.41. The Hall–Kier alpha value is -2.77. The van der Waals surface area contributed by atoms with Gasteiger partial charge in [-0.1, -0.05) is 12.1 Å². The molecule has 0 amide bonds. The normalized spacial score (nSPS) is 11.6. The molecule has 2 heterocycles. The first kappa shape index (κ1) is 17.6. The molecule has 0 saturated heterocycles. The standard InChI is InChI=1S/C20H15FN2O2S2/c1-13-18-12-16(21)4-7-19(18)26-20(13)27(24,25)23-17-5-2-14(3-6-17)15-8-10-22-11-9-15/h2-12,23H,1H3. The van der Waals surface area contributed by atoms with Crippen LogP contribution in [0.1, 0.15) is 5.56 Å². The van der Waals surface area contributed by atoms with Crippen molar-refractivity contribution in [2.75, 3.05) is 4.72 Å². The van der Waals surface area contributed by atoms with E-state index in [9.17, 15) is 12.8 Å². The van der Waals surface area contributed by atoms with E-state index in [-0.39, 0.29) is 10.0 Å². The quantitative estimate of drug-likeness (QED) is 0.513. The number of rotatable bonds is 4. The summed E-state index contributed by atoms with van der Waals surface area (Å²) in [5, 5.41) is 0.619. The molecule has 0 aliphatic heterocycles. The second-order valence-electron chi connectivity index (χ2n) is 6.07. The molecule has 136 valence electrons. The van der Waals surface area contributed by atoms with Crippen molar-refractivity contribution in [1.29, 1.82) is 0 Å². The van der Waals surface area contributed by atoms with Crippen molar-refractivity contribution in [3.05, 3.63) is 78.4 Å². The van der Waals surface area contributed by atoms with Gasteiger partial charge < -0.3 is 0 Å². The summed E-state index contributed by atoms with van der Waals surface area (Å²) in [6, 6.07) is 15.2. The van der Waals surface area contributed by atoms with E-state index in [0.29, 0.717) is 16.6 Å². The zero-order valence-electron chi connectivity index (χ0n) is 14.3. The number of hydrogen-bond acceptors (Lipinski definition) is 4. The summed E-state index contributed by atoms with van der Waals surface area (Å²) in [5.74, 6) is -0.382. The van der Waals surface area contributed by atoms with Gasteiger partial charge in [0.15, 0.2) is 0 Å². The maximum Gasteiger partial charge on any atom is 0.271 e. The summed E-state index contributed by atoms with van der Waals surface area (Å²) in [6.45, 7) is 1.69. The van der Waals surface area contributed by atoms with Crippen LogP contribution in [0.3, 0.4) is 0 Å². The molecular weight excluding hydrogens is 383 g/mol. The highest BCUT2D eigenvalue weighted by atomic mass is 32.2. The van der Waals surface area contributed by atoms with Gasteiger partial charge in [-0.3, -0.25) is 9.71 Å². The van der Waals surface area contributed by atoms with Gasteiger partial charge in [0.25, 0.3) is 10.0 Å². The van der Waals surface area contributed by atoms with Gasteiger partial charge in [0, 0.05) is 22.8 Å². The minimum Gasteiger partial charge on any atom is -0.279 e. The zero-order valence-corrected chi connectivity index (χ0v) is 15.9. The number of pyridine rings is 1. The molecule has 0 spiro atoms. The summed E-state index contributed by atoms with van der Waals surface area (Å²) < 4.78 is 42.7. The molecule has 0 fully saturated rings. The van der Waals surface area contributed by atoms with E-state index < -0.39 is 10.0 Å². The Bertz CT molecular complexity index is 1220. The monoisotopic (exact) mass is 398 g/mol. The van der Waals surface area contributed by atoms with Crippen molar-refractivity contribution in [2.24, 2.45) is 0 Å². The highest BCUT2D eigenvalue weighted by Gasteiger charge is 2.22. The number of anilines is 1. The van der Waals surface area contributed by atoms with Crippen LogP contribution in [-0.2, 0) is 10.0 Å². The molecule has 0 bridgehead atoms. The predicted molar refractivity (Wildman–Crippen MR) is 107 cm³/mol. The average Bonchev–Trinajstić information content (AvgIpc) is 3.00. The number of aryl methyl sites for hydroxylation is 1. The molecule has 1 N–H and O–H groups in total. The van der Waals surface area contributed by atoms with E-state index >= 15 is 0 Å². The molecule has 0 radical (unpaired) electrons. The lowest BCUT2D eigenvalue weighted by Gasteiger charge is -2.08. The molecule has 27 heavy (non-hydrogen) atoms. The number of aromatic nitrogens is 1. The number of thiophene rings is 1. The van der Waals surface area contributed by atoms with Crippen LogP contribution in [-0.4, -0.2) is 13.4 Å².